The van der Waals surface area contributed by atoms with E-state index < -0.39 is 35.4 Å². The van der Waals surface area contributed by atoms with Crippen molar-refractivity contribution in [1.29, 1.82) is 0 Å². The van der Waals surface area contributed by atoms with Crippen molar-refractivity contribution in [3.8, 4) is 0 Å². The average Bonchev–Trinajstić information content (AvgIpc) is 3.61. The van der Waals surface area contributed by atoms with Crippen molar-refractivity contribution in [2.75, 3.05) is 0 Å². The standard InChI is InChI=1S/C9H13N3O3.C8H11N3O4.C7H11N3O2.CO2/c1-5(2)12-4-7(11-9(12)15)8(14)10-6(3)13;1-4(2)11-3-5(9-7(11)13)6(12)10-8(14)15;1-4(2)10-3-5(6(8)11)9-7(10)12;2-1-3/h4-5H,1-3H3,(H,11,15)(H,10,13,14);3-4H,1-2H3,(H,9,13)(H,10,12)(H,14,15);3-4H,1-2H3,(H2,8,11)(H,9,12);/p-1. The van der Waals surface area contributed by atoms with Crippen LogP contribution in [0.2, 0.25) is 0 Å². The number of carbonyl (C=O) groups is 5. The van der Waals surface area contributed by atoms with E-state index in [0.717, 1.165) is 0 Å². The molecule has 0 radical (unpaired) electrons. The van der Waals surface area contributed by atoms with E-state index in [-0.39, 0.29) is 52.7 Å². The van der Waals surface area contributed by atoms with E-state index in [1.165, 1.54) is 44.5 Å². The number of nitrogens with zero attached hydrogens (tertiary/aromatic N) is 3. The molecule has 3 aromatic heterocycles. The highest BCUT2D eigenvalue weighted by molar-refractivity contribution is 6.02. The third-order valence-corrected chi connectivity index (χ3v) is 5.16. The maximum atomic E-state index is 11.3. The highest BCUT2D eigenvalue weighted by Crippen LogP contribution is 2.02. The SMILES string of the molecule is CC(=O)NC(=O)c1cn(C(C)C)c(=O)[nH]1.CC(C)n1cc(C(=O)NC(=O)[O-])[nH]c1=O.CC(C)n1cc(C(N)=O)[nH]c1=O.O=C=O. The Bertz CT molecular complexity index is 1620. The molecule has 0 bridgehead atoms. The van der Waals surface area contributed by atoms with Crippen molar-refractivity contribution < 1.29 is 38.7 Å². The number of amides is 5. The summed E-state index contributed by atoms with van der Waals surface area (Å²) in [4.78, 5) is 111. The minimum absolute atomic E-state index is 0.0295. The summed E-state index contributed by atoms with van der Waals surface area (Å²) >= 11 is 0. The number of hydrogen-bond acceptors (Lipinski definition) is 11. The van der Waals surface area contributed by atoms with Crippen molar-refractivity contribution >= 4 is 35.9 Å². The smallest absolute Gasteiger partial charge is 0.373 e. The van der Waals surface area contributed by atoms with Gasteiger partial charge < -0.3 is 35.9 Å². The number of primary amides is 1. The lowest BCUT2D eigenvalue weighted by Gasteiger charge is -2.03. The summed E-state index contributed by atoms with van der Waals surface area (Å²) in [7, 11) is 0. The van der Waals surface area contributed by atoms with Crippen molar-refractivity contribution in [2.45, 2.75) is 66.6 Å². The van der Waals surface area contributed by atoms with Gasteiger partial charge >= 0.3 is 23.2 Å². The fourth-order valence-corrected chi connectivity index (χ4v) is 3.12. The summed E-state index contributed by atoms with van der Waals surface area (Å²) in [5, 5.41) is 13.7. The van der Waals surface area contributed by atoms with Crippen LogP contribution < -0.4 is 38.5 Å². The molecule has 0 saturated heterocycles. The molecule has 45 heavy (non-hydrogen) atoms. The van der Waals surface area contributed by atoms with E-state index in [0.29, 0.717) is 0 Å². The van der Waals surface area contributed by atoms with E-state index in [1.54, 1.807) is 13.8 Å². The summed E-state index contributed by atoms with van der Waals surface area (Å²) in [5.41, 5.74) is 3.96. The molecular formula is C25H34N9O11-. The highest BCUT2D eigenvalue weighted by Gasteiger charge is 2.14. The van der Waals surface area contributed by atoms with Gasteiger partial charge in [0, 0.05) is 43.6 Å². The first kappa shape index (κ1) is 39.0. The lowest BCUT2D eigenvalue weighted by atomic mass is 10.4. The van der Waals surface area contributed by atoms with Crippen LogP contribution in [-0.4, -0.2) is 64.5 Å². The summed E-state index contributed by atoms with van der Waals surface area (Å²) in [6.45, 7) is 12.1. The molecule has 5 amide bonds. The lowest BCUT2D eigenvalue weighted by molar-refractivity contribution is -0.249. The summed E-state index contributed by atoms with van der Waals surface area (Å²) in [6, 6.07) is -0.118. The van der Waals surface area contributed by atoms with E-state index in [9.17, 15) is 43.5 Å². The lowest BCUT2D eigenvalue weighted by Crippen LogP contribution is -2.40. The second-order valence-corrected chi connectivity index (χ2v) is 9.62. The molecule has 0 spiro atoms. The topological polar surface area (TPSA) is 306 Å². The van der Waals surface area contributed by atoms with Crippen molar-refractivity contribution in [3.05, 3.63) is 67.1 Å². The van der Waals surface area contributed by atoms with Gasteiger partial charge in [0.25, 0.3) is 17.7 Å². The Hall–Kier alpha value is -6.04. The monoisotopic (exact) mass is 636 g/mol. The second kappa shape index (κ2) is 17.8. The number of carbonyl (C=O) groups excluding carboxylic acids is 7. The third kappa shape index (κ3) is 12.8. The van der Waals surface area contributed by atoms with Crippen molar-refractivity contribution in [1.82, 2.24) is 39.3 Å². The summed E-state index contributed by atoms with van der Waals surface area (Å²) in [5.74, 6) is -2.59. The maximum Gasteiger partial charge on any atom is 0.373 e. The molecule has 246 valence electrons. The molecule has 20 heteroatoms. The molecule has 0 aliphatic heterocycles. The van der Waals surface area contributed by atoms with Gasteiger partial charge in [-0.15, -0.1) is 0 Å². The van der Waals surface area contributed by atoms with Crippen LogP contribution in [0.5, 0.6) is 0 Å². The minimum Gasteiger partial charge on any atom is -0.530 e. The van der Waals surface area contributed by atoms with E-state index in [1.807, 2.05) is 27.7 Å². The Kier molecular flexibility index (Phi) is 15.4. The van der Waals surface area contributed by atoms with Crippen LogP contribution in [0.1, 0.15) is 98.1 Å². The van der Waals surface area contributed by atoms with Crippen LogP contribution in [-0.2, 0) is 14.4 Å². The van der Waals surface area contributed by atoms with Crippen LogP contribution in [0.15, 0.2) is 33.0 Å². The number of carboxylic acid groups (broad SMARTS) is 1. The van der Waals surface area contributed by atoms with Crippen LogP contribution >= 0.6 is 0 Å². The first-order valence-electron chi connectivity index (χ1n) is 12.8. The number of aromatic amines is 3. The normalized spacial score (nSPS) is 9.91. The number of nitrogens with two attached hydrogens (primary N) is 1. The van der Waals surface area contributed by atoms with Crippen LogP contribution in [0, 0.1) is 0 Å². The molecule has 3 heterocycles. The third-order valence-electron chi connectivity index (χ3n) is 5.16. The highest BCUT2D eigenvalue weighted by atomic mass is 16.4. The Balaban J connectivity index is 0.000000621. The van der Waals surface area contributed by atoms with Gasteiger partial charge in [0.05, 0.1) is 0 Å². The summed E-state index contributed by atoms with van der Waals surface area (Å²) in [6.07, 6.45) is 2.62. The zero-order valence-corrected chi connectivity index (χ0v) is 25.4. The molecule has 0 unspecified atom stereocenters. The molecule has 0 aliphatic rings. The van der Waals surface area contributed by atoms with Gasteiger partial charge in [0.15, 0.2) is 0 Å². The number of aromatic nitrogens is 6. The molecular weight excluding hydrogens is 602 g/mol. The number of imide groups is 2. The van der Waals surface area contributed by atoms with Crippen molar-refractivity contribution in [2.24, 2.45) is 5.73 Å². The van der Waals surface area contributed by atoms with Gasteiger partial charge in [0.1, 0.15) is 23.2 Å². The number of hydrogen-bond donors (Lipinski definition) is 6. The number of nitrogens with one attached hydrogen (secondary N) is 5. The van der Waals surface area contributed by atoms with E-state index in [4.69, 9.17) is 15.3 Å². The Labute approximate surface area is 253 Å². The largest absolute Gasteiger partial charge is 0.530 e. The van der Waals surface area contributed by atoms with Crippen LogP contribution in [0.3, 0.4) is 0 Å². The fourth-order valence-electron chi connectivity index (χ4n) is 3.12. The molecule has 0 atom stereocenters. The van der Waals surface area contributed by atoms with Crippen LogP contribution in [0.25, 0.3) is 0 Å². The van der Waals surface area contributed by atoms with E-state index >= 15 is 0 Å². The number of imidazole rings is 3. The average molecular weight is 637 g/mol. The molecule has 0 fully saturated rings. The molecule has 0 aromatic carbocycles. The Morgan fingerprint density at radius 1 is 0.689 bits per heavy atom. The predicted molar refractivity (Wildman–Crippen MR) is 151 cm³/mol. The van der Waals surface area contributed by atoms with Gasteiger partial charge in [-0.1, -0.05) is 0 Å². The molecule has 0 saturated carbocycles. The predicted octanol–water partition coefficient (Wildman–Crippen LogP) is -1.86. The first-order chi connectivity index (χ1) is 20.8. The quantitative estimate of drug-likeness (QED) is 0.174. The molecule has 3 aromatic rings. The number of rotatable bonds is 6. The fraction of sp³-hybridized carbons (Fsp3) is 0.400. The molecule has 3 rings (SSSR count). The number of H-pyrrole nitrogens is 3. The van der Waals surface area contributed by atoms with E-state index in [2.05, 4.69) is 20.3 Å². The summed E-state index contributed by atoms with van der Waals surface area (Å²) < 4.78 is 4.08. The Morgan fingerprint density at radius 2 is 0.978 bits per heavy atom. The van der Waals surface area contributed by atoms with Crippen LogP contribution in [0.4, 0.5) is 4.79 Å². The zero-order valence-electron chi connectivity index (χ0n) is 25.4. The second-order valence-electron chi connectivity index (χ2n) is 9.62. The van der Waals surface area contributed by atoms with Crippen molar-refractivity contribution in [3.63, 3.8) is 0 Å². The molecule has 20 nitrogen and oxygen atoms in total. The maximum absolute atomic E-state index is 11.3. The van der Waals surface area contributed by atoms with Gasteiger partial charge in [-0.2, -0.15) is 9.59 Å². The Morgan fingerprint density at radius 3 is 1.20 bits per heavy atom. The zero-order chi connectivity index (χ0) is 35.2. The first-order valence-corrected chi connectivity index (χ1v) is 12.8. The van der Waals surface area contributed by atoms with Gasteiger partial charge in [0.2, 0.25) is 5.91 Å². The van der Waals surface area contributed by atoms with Gasteiger partial charge in [-0.25, -0.2) is 14.4 Å². The minimum atomic E-state index is -1.71. The van der Waals surface area contributed by atoms with Gasteiger partial charge in [-0.3, -0.25) is 38.2 Å². The van der Waals surface area contributed by atoms with Gasteiger partial charge in [-0.05, 0) is 41.5 Å². The molecule has 0 aliphatic carbocycles. The molecule has 7 N–H and O–H groups in total.